The number of carbonyl (C=O) groups is 9. The molecule has 3 heterocycles. The molecule has 1 saturated heterocycles. The fourth-order valence-electron chi connectivity index (χ4n) is 8.11. The standard InChI is InChI=1S/C48H64N12O11/c1-27(2)20-37(47(69)59-71)57-46(68)39(22-31-24-50-26-52-31)55-42(64)25-60-19-7-6-10-36(48(60)70)56-43(65)28(3)53-45(67)38(21-30-23-51-34-9-5-4-8-33(30)34)58-44(66)35(16-17-40(49)62)54-41(63)18-13-29-11-14-32(61)15-12-29/h4-5,8-9,11-12,14-15,23-24,26-28,35-39,51,61,71H,6-7,10,13,16-22,25H2,1-3H3,(H2,49,62)(H,50,52)(H,53,67)(H,54,63)(H,55,64)(H,56,65)(H,57,68)(H,58,66)(H,59,69)/t28-,35-,36-,37+,38-,39-/m0/s1. The number of likely N-dealkylation sites (tertiary alicyclic amines) is 1. The minimum atomic E-state index is -1.32. The summed E-state index contributed by atoms with van der Waals surface area (Å²) >= 11 is 0. The summed E-state index contributed by atoms with van der Waals surface area (Å²) in [4.78, 5) is 131. The van der Waals surface area contributed by atoms with Crippen LogP contribution in [0, 0.1) is 5.92 Å². The Kier molecular flexibility index (Phi) is 20.0. The van der Waals surface area contributed by atoms with Gasteiger partial charge in [-0.1, -0.05) is 44.2 Å². The number of carbonyl (C=O) groups excluding carboxylic acids is 9. The zero-order valence-electron chi connectivity index (χ0n) is 39.9. The van der Waals surface area contributed by atoms with Crippen LogP contribution < -0.4 is 43.1 Å². The highest BCUT2D eigenvalue weighted by Gasteiger charge is 2.34. The zero-order valence-corrected chi connectivity index (χ0v) is 39.9. The first-order chi connectivity index (χ1) is 33.9. The first-order valence-electron chi connectivity index (χ1n) is 23.5. The van der Waals surface area contributed by atoms with E-state index in [2.05, 4.69) is 46.9 Å². The van der Waals surface area contributed by atoms with Gasteiger partial charge in [0.2, 0.25) is 47.3 Å². The predicted octanol–water partition coefficient (Wildman–Crippen LogP) is -0.227. The van der Waals surface area contributed by atoms with Gasteiger partial charge in [-0.15, -0.1) is 0 Å². The molecule has 382 valence electrons. The quantitative estimate of drug-likeness (QED) is 0.0303. The van der Waals surface area contributed by atoms with Crippen molar-refractivity contribution in [2.75, 3.05) is 13.1 Å². The molecule has 0 saturated carbocycles. The van der Waals surface area contributed by atoms with Crippen molar-refractivity contribution in [3.05, 3.63) is 84.1 Å². The van der Waals surface area contributed by atoms with Gasteiger partial charge in [-0.3, -0.25) is 48.4 Å². The number of hydrogen-bond acceptors (Lipinski definition) is 12. The number of phenols is 1. The Morgan fingerprint density at radius 2 is 1.45 bits per heavy atom. The van der Waals surface area contributed by atoms with Gasteiger partial charge in [0.25, 0.3) is 5.91 Å². The number of aromatic hydroxyl groups is 1. The Hall–Kier alpha value is -7.82. The third kappa shape index (κ3) is 16.7. The van der Waals surface area contributed by atoms with Crippen molar-refractivity contribution in [3.63, 3.8) is 0 Å². The molecule has 5 rings (SSSR count). The fraction of sp³-hybridized carbons (Fsp3) is 0.458. The number of fused-ring (bicyclic) bond motifs is 1. The van der Waals surface area contributed by atoms with Crippen molar-refractivity contribution in [1.82, 2.24) is 57.2 Å². The minimum absolute atomic E-state index is 0.0363. The summed E-state index contributed by atoms with van der Waals surface area (Å²) in [6.07, 6.45) is 5.62. The summed E-state index contributed by atoms with van der Waals surface area (Å²) in [6, 6.07) is 6.29. The summed E-state index contributed by atoms with van der Waals surface area (Å²) in [5, 5.41) is 35.5. The second-order valence-corrected chi connectivity index (χ2v) is 18.0. The van der Waals surface area contributed by atoms with E-state index in [-0.39, 0.29) is 69.6 Å². The molecule has 1 fully saturated rings. The predicted molar refractivity (Wildman–Crippen MR) is 256 cm³/mol. The normalized spacial score (nSPS) is 15.8. The maximum atomic E-state index is 14.1. The van der Waals surface area contributed by atoms with E-state index in [4.69, 9.17) is 5.73 Å². The molecule has 2 aromatic carbocycles. The molecule has 1 aliphatic rings. The van der Waals surface area contributed by atoms with E-state index in [1.165, 1.54) is 36.5 Å². The van der Waals surface area contributed by atoms with E-state index in [1.54, 1.807) is 29.9 Å². The van der Waals surface area contributed by atoms with Crippen LogP contribution in [0.25, 0.3) is 10.9 Å². The Balaban J connectivity index is 1.25. The number of para-hydroxylation sites is 1. The number of imidazole rings is 1. The lowest BCUT2D eigenvalue weighted by Crippen LogP contribution is -2.58. The number of benzene rings is 2. The van der Waals surface area contributed by atoms with Gasteiger partial charge in [0.1, 0.15) is 42.0 Å². The smallest absolute Gasteiger partial charge is 0.265 e. The average Bonchev–Trinajstić information content (AvgIpc) is 3.97. The molecule has 23 nitrogen and oxygen atoms in total. The molecule has 0 aliphatic carbocycles. The van der Waals surface area contributed by atoms with Crippen molar-refractivity contribution >= 4 is 64.1 Å². The molecular weight excluding hydrogens is 921 g/mol. The Labute approximate surface area is 409 Å². The third-order valence-electron chi connectivity index (χ3n) is 11.9. The largest absolute Gasteiger partial charge is 0.508 e. The fourth-order valence-corrected chi connectivity index (χ4v) is 8.11. The Morgan fingerprint density at radius 1 is 0.775 bits per heavy atom. The monoisotopic (exact) mass is 984 g/mol. The van der Waals surface area contributed by atoms with E-state index in [0.717, 1.165) is 16.5 Å². The van der Waals surface area contributed by atoms with Gasteiger partial charge in [0, 0.05) is 61.2 Å². The summed E-state index contributed by atoms with van der Waals surface area (Å²) in [7, 11) is 0. The number of nitrogens with one attached hydrogen (secondary N) is 9. The maximum Gasteiger partial charge on any atom is 0.265 e. The summed E-state index contributed by atoms with van der Waals surface area (Å²) in [6.45, 7) is 4.73. The third-order valence-corrected chi connectivity index (χ3v) is 11.9. The number of aromatic amines is 2. The summed E-state index contributed by atoms with van der Waals surface area (Å²) in [5.41, 5.74) is 9.62. The van der Waals surface area contributed by atoms with Crippen LogP contribution in [0.4, 0.5) is 0 Å². The molecule has 0 unspecified atom stereocenters. The van der Waals surface area contributed by atoms with Gasteiger partial charge in [-0.2, -0.15) is 0 Å². The molecular formula is C48H64N12O11. The molecule has 1 aliphatic heterocycles. The first kappa shape index (κ1) is 54.1. The lowest BCUT2D eigenvalue weighted by atomic mass is 10.0. The lowest BCUT2D eigenvalue weighted by Gasteiger charge is -2.27. The van der Waals surface area contributed by atoms with Gasteiger partial charge >= 0.3 is 0 Å². The number of nitrogens with zero attached hydrogens (tertiary/aromatic N) is 2. The van der Waals surface area contributed by atoms with Crippen LogP contribution in [0.5, 0.6) is 5.75 Å². The maximum absolute atomic E-state index is 14.1. The molecule has 4 aromatic rings. The molecule has 0 spiro atoms. The van der Waals surface area contributed by atoms with Crippen molar-refractivity contribution < 1.29 is 53.5 Å². The van der Waals surface area contributed by atoms with Gasteiger partial charge in [-0.25, -0.2) is 10.5 Å². The van der Waals surface area contributed by atoms with Crippen molar-refractivity contribution in [2.24, 2.45) is 11.7 Å². The van der Waals surface area contributed by atoms with Crippen molar-refractivity contribution in [1.29, 1.82) is 0 Å². The number of primary amides is 1. The molecule has 71 heavy (non-hydrogen) atoms. The van der Waals surface area contributed by atoms with Crippen LogP contribution in [0.2, 0.25) is 0 Å². The Bertz CT molecular complexity index is 2490. The van der Waals surface area contributed by atoms with Gasteiger partial charge < -0.3 is 57.6 Å². The SMILES string of the molecule is CC(C)C[C@@H](NC(=O)[C@H](Cc1cnc[nH]1)NC(=O)CN1CCCC[C@H](NC(=O)[C@H](C)NC(=O)[C@H](Cc2c[nH]c3ccccc23)NC(=O)[C@H](CCC(N)=O)NC(=O)CCc2ccc(O)cc2)C1=O)C(=O)NO. The Morgan fingerprint density at radius 3 is 2.14 bits per heavy atom. The lowest BCUT2D eigenvalue weighted by molar-refractivity contribution is -0.140. The topological polar surface area (TPSA) is 352 Å². The number of H-pyrrole nitrogens is 2. The molecule has 2 aromatic heterocycles. The summed E-state index contributed by atoms with van der Waals surface area (Å²) < 4.78 is 0. The minimum Gasteiger partial charge on any atom is -0.508 e. The number of hydroxylamine groups is 1. The summed E-state index contributed by atoms with van der Waals surface area (Å²) in [5.74, 6) is -6.34. The zero-order chi connectivity index (χ0) is 51.6. The second kappa shape index (κ2) is 26.2. The van der Waals surface area contributed by atoms with Crippen molar-refractivity contribution in [3.8, 4) is 5.75 Å². The first-order valence-corrected chi connectivity index (χ1v) is 23.5. The van der Waals surface area contributed by atoms with Crippen LogP contribution in [-0.2, 0) is 62.4 Å². The number of nitrogens with two attached hydrogens (primary N) is 1. The van der Waals surface area contributed by atoms with E-state index < -0.39 is 96.0 Å². The van der Waals surface area contributed by atoms with Gasteiger partial charge in [-0.05, 0) is 80.7 Å². The molecule has 13 N–H and O–H groups in total. The van der Waals surface area contributed by atoms with E-state index in [9.17, 15) is 53.5 Å². The highest BCUT2D eigenvalue weighted by Crippen LogP contribution is 2.20. The average molecular weight is 985 g/mol. The second-order valence-electron chi connectivity index (χ2n) is 18.0. The number of aromatic nitrogens is 3. The van der Waals surface area contributed by atoms with Crippen LogP contribution in [0.15, 0.2) is 67.3 Å². The highest BCUT2D eigenvalue weighted by atomic mass is 16.5. The number of amides is 9. The number of aryl methyl sites for hydroxylation is 1. The van der Waals surface area contributed by atoms with Crippen LogP contribution >= 0.6 is 0 Å². The van der Waals surface area contributed by atoms with Crippen LogP contribution in [0.3, 0.4) is 0 Å². The molecule has 9 amide bonds. The molecule has 23 heteroatoms. The van der Waals surface area contributed by atoms with E-state index in [1.807, 2.05) is 32.0 Å². The van der Waals surface area contributed by atoms with Crippen LogP contribution in [-0.4, -0.2) is 133 Å². The molecule has 0 bridgehead atoms. The number of rotatable bonds is 25. The van der Waals surface area contributed by atoms with Crippen molar-refractivity contribution in [2.45, 2.75) is 121 Å². The van der Waals surface area contributed by atoms with Gasteiger partial charge in [0.05, 0.1) is 12.9 Å². The van der Waals surface area contributed by atoms with E-state index >= 15 is 0 Å². The highest BCUT2D eigenvalue weighted by molar-refractivity contribution is 5.97. The van der Waals surface area contributed by atoms with E-state index in [0.29, 0.717) is 24.1 Å². The molecule has 0 radical (unpaired) electrons. The molecule has 6 atom stereocenters. The number of phenolic OH excluding ortho intramolecular Hbond substituents is 1. The number of hydrogen-bond donors (Lipinski definition) is 12. The van der Waals surface area contributed by atoms with Crippen LogP contribution in [0.1, 0.15) is 82.5 Å². The van der Waals surface area contributed by atoms with Gasteiger partial charge in [0.15, 0.2) is 0 Å².